The van der Waals surface area contributed by atoms with Crippen molar-refractivity contribution in [2.45, 2.75) is 26.4 Å². The monoisotopic (exact) mass is 228 g/mol. The summed E-state index contributed by atoms with van der Waals surface area (Å²) in [5, 5.41) is 0. The van der Waals surface area contributed by atoms with Crippen LogP contribution in [-0.2, 0) is 19.0 Å². The molecule has 4 heteroatoms. The van der Waals surface area contributed by atoms with Gasteiger partial charge in [-0.2, -0.15) is 0 Å². The molecule has 0 rings (SSSR count). The number of carbonyl (C=O) groups excluding carboxylic acids is 1. The van der Waals surface area contributed by atoms with Crippen molar-refractivity contribution in [3.63, 3.8) is 0 Å². The van der Waals surface area contributed by atoms with Crippen LogP contribution in [-0.4, -0.2) is 44.9 Å². The van der Waals surface area contributed by atoms with Crippen LogP contribution >= 0.6 is 0 Å². The van der Waals surface area contributed by atoms with Crippen molar-refractivity contribution in [1.82, 2.24) is 0 Å². The molecule has 1 unspecified atom stereocenters. The maximum atomic E-state index is 10.6. The Balaban J connectivity index is 3.21. The summed E-state index contributed by atoms with van der Waals surface area (Å²) in [7, 11) is 0. The van der Waals surface area contributed by atoms with Crippen molar-refractivity contribution in [2.24, 2.45) is 0 Å². The molecule has 92 valence electrons. The smallest absolute Gasteiger partial charge is 0.132 e. The Morgan fingerprint density at radius 3 is 2.62 bits per heavy atom. The molecule has 1 atom stereocenters. The summed E-state index contributed by atoms with van der Waals surface area (Å²) in [4.78, 5) is 10.6. The van der Waals surface area contributed by atoms with E-state index >= 15 is 0 Å². The number of ketones is 1. The fraction of sp³-hybridized carbons (Fsp3) is 0.750. The average molecular weight is 228 g/mol. The summed E-state index contributed by atoms with van der Waals surface area (Å²) < 4.78 is 15.7. The first-order chi connectivity index (χ1) is 7.66. The molecule has 0 fully saturated rings. The van der Waals surface area contributed by atoms with Gasteiger partial charge in [0.25, 0.3) is 0 Å². The van der Waals surface area contributed by atoms with Gasteiger partial charge in [-0.05, 0) is 13.8 Å². The maximum Gasteiger partial charge on any atom is 0.132 e. The molecule has 0 spiro atoms. The summed E-state index contributed by atoms with van der Waals surface area (Å²) in [5.41, 5.74) is 0. The Kier molecular flexibility index (Phi) is 10.0. The van der Waals surface area contributed by atoms with Crippen LogP contribution in [0.1, 0.15) is 20.3 Å². The maximum absolute atomic E-state index is 10.6. The van der Waals surface area contributed by atoms with E-state index in [1.54, 1.807) is 6.92 Å². The minimum absolute atomic E-state index is 0.00742. The summed E-state index contributed by atoms with van der Waals surface area (Å²) in [6.07, 6.45) is 5.45. The van der Waals surface area contributed by atoms with E-state index < -0.39 is 0 Å². The largest absolute Gasteiger partial charge is 0.376 e. The van der Waals surface area contributed by atoms with Gasteiger partial charge in [-0.25, -0.2) is 0 Å². The van der Waals surface area contributed by atoms with Gasteiger partial charge in [0, 0.05) is 6.42 Å². The molecule has 0 amide bonds. The molecular weight excluding hydrogens is 208 g/mol. The first-order valence-corrected chi connectivity index (χ1v) is 5.36. The highest BCUT2D eigenvalue weighted by Crippen LogP contribution is 1.94. The molecule has 0 N–H and O–H groups in total. The first kappa shape index (κ1) is 15.1. The van der Waals surface area contributed by atoms with Crippen molar-refractivity contribution in [2.75, 3.05) is 33.0 Å². The summed E-state index contributed by atoms with van der Waals surface area (Å²) >= 11 is 0. The van der Waals surface area contributed by atoms with E-state index in [-0.39, 0.29) is 11.9 Å². The number of ether oxygens (including phenoxy) is 3. The van der Waals surface area contributed by atoms with E-state index in [4.69, 9.17) is 20.6 Å². The van der Waals surface area contributed by atoms with Gasteiger partial charge in [-0.1, -0.05) is 5.92 Å². The molecule has 0 aromatic rings. The number of hydrogen-bond donors (Lipinski definition) is 0. The van der Waals surface area contributed by atoms with Crippen LogP contribution in [0.15, 0.2) is 0 Å². The van der Waals surface area contributed by atoms with Crippen LogP contribution in [0.25, 0.3) is 0 Å². The zero-order valence-corrected chi connectivity index (χ0v) is 10.0. The summed E-state index contributed by atoms with van der Waals surface area (Å²) in [5.74, 6) is 2.51. The molecule has 0 aliphatic heterocycles. The third-order valence-electron chi connectivity index (χ3n) is 1.77. The lowest BCUT2D eigenvalue weighted by molar-refractivity contribution is -0.118. The molecule has 0 saturated heterocycles. The third-order valence-corrected chi connectivity index (χ3v) is 1.77. The number of terminal acetylenes is 1. The standard InChI is InChI=1S/C12H20O4/c1-4-6-14-8-9-15-10-12(3)16-7-5-11(2)13/h1,12H,5-10H2,2-3H3. The van der Waals surface area contributed by atoms with Crippen molar-refractivity contribution in [3.8, 4) is 12.3 Å². The first-order valence-electron chi connectivity index (χ1n) is 5.36. The summed E-state index contributed by atoms with van der Waals surface area (Å²) in [6.45, 7) is 5.71. The topological polar surface area (TPSA) is 44.8 Å². The third kappa shape index (κ3) is 11.2. The molecule has 0 saturated carbocycles. The molecule has 0 heterocycles. The van der Waals surface area contributed by atoms with E-state index in [2.05, 4.69) is 5.92 Å². The van der Waals surface area contributed by atoms with Crippen LogP contribution in [0.5, 0.6) is 0 Å². The molecule has 0 aromatic heterocycles. The normalized spacial score (nSPS) is 12.1. The second-order valence-corrected chi connectivity index (χ2v) is 3.47. The SMILES string of the molecule is C#CCOCCOCC(C)OCCC(C)=O. The molecular formula is C12H20O4. The highest BCUT2D eigenvalue weighted by Gasteiger charge is 2.02. The Morgan fingerprint density at radius 1 is 1.31 bits per heavy atom. The van der Waals surface area contributed by atoms with Crippen molar-refractivity contribution >= 4 is 5.78 Å². The van der Waals surface area contributed by atoms with Gasteiger partial charge in [0.15, 0.2) is 0 Å². The zero-order valence-electron chi connectivity index (χ0n) is 10.0. The number of Topliss-reactive ketones (excluding diaryl/α,β-unsaturated/α-hetero) is 1. The molecule has 4 nitrogen and oxygen atoms in total. The lowest BCUT2D eigenvalue weighted by Gasteiger charge is -2.12. The van der Waals surface area contributed by atoms with Crippen LogP contribution in [0.3, 0.4) is 0 Å². The Morgan fingerprint density at radius 2 is 2.00 bits per heavy atom. The Labute approximate surface area is 97.3 Å². The van der Waals surface area contributed by atoms with Crippen LogP contribution < -0.4 is 0 Å². The van der Waals surface area contributed by atoms with Gasteiger partial charge in [0.1, 0.15) is 12.4 Å². The van der Waals surface area contributed by atoms with E-state index in [0.29, 0.717) is 39.5 Å². The highest BCUT2D eigenvalue weighted by molar-refractivity contribution is 5.75. The lowest BCUT2D eigenvalue weighted by atomic mass is 10.3. The molecule has 0 radical (unpaired) electrons. The van der Waals surface area contributed by atoms with E-state index in [1.165, 1.54) is 0 Å². The second-order valence-electron chi connectivity index (χ2n) is 3.47. The van der Waals surface area contributed by atoms with Crippen LogP contribution in [0.4, 0.5) is 0 Å². The van der Waals surface area contributed by atoms with Crippen molar-refractivity contribution < 1.29 is 19.0 Å². The Hall–Kier alpha value is -0.890. The Bertz CT molecular complexity index is 220. The number of hydrogen-bond acceptors (Lipinski definition) is 4. The highest BCUT2D eigenvalue weighted by atomic mass is 16.5. The van der Waals surface area contributed by atoms with Gasteiger partial charge in [0.05, 0.1) is 32.5 Å². The zero-order chi connectivity index (χ0) is 12.2. The molecule has 16 heavy (non-hydrogen) atoms. The quantitative estimate of drug-likeness (QED) is 0.414. The molecule has 0 aliphatic carbocycles. The van der Waals surface area contributed by atoms with Gasteiger partial charge in [-0.15, -0.1) is 6.42 Å². The van der Waals surface area contributed by atoms with Crippen LogP contribution in [0.2, 0.25) is 0 Å². The van der Waals surface area contributed by atoms with Gasteiger partial charge in [0.2, 0.25) is 0 Å². The molecule has 0 aromatic carbocycles. The predicted molar refractivity (Wildman–Crippen MR) is 61.2 cm³/mol. The van der Waals surface area contributed by atoms with Crippen molar-refractivity contribution in [1.29, 1.82) is 0 Å². The second kappa shape index (κ2) is 10.6. The van der Waals surface area contributed by atoms with Gasteiger partial charge < -0.3 is 14.2 Å². The molecule has 0 aliphatic rings. The fourth-order valence-electron chi connectivity index (χ4n) is 0.950. The molecule has 0 bridgehead atoms. The predicted octanol–water partition coefficient (Wildman–Crippen LogP) is 1.04. The van der Waals surface area contributed by atoms with Gasteiger partial charge in [-0.3, -0.25) is 4.79 Å². The van der Waals surface area contributed by atoms with E-state index in [9.17, 15) is 4.79 Å². The summed E-state index contributed by atoms with van der Waals surface area (Å²) in [6, 6.07) is 0. The van der Waals surface area contributed by atoms with E-state index in [1.807, 2.05) is 6.92 Å². The lowest BCUT2D eigenvalue weighted by Crippen LogP contribution is -2.19. The number of carbonyl (C=O) groups is 1. The average Bonchev–Trinajstić information content (AvgIpc) is 2.22. The van der Waals surface area contributed by atoms with Crippen LogP contribution in [0, 0.1) is 12.3 Å². The van der Waals surface area contributed by atoms with Crippen molar-refractivity contribution in [3.05, 3.63) is 0 Å². The minimum Gasteiger partial charge on any atom is -0.376 e. The number of rotatable bonds is 10. The van der Waals surface area contributed by atoms with E-state index in [0.717, 1.165) is 0 Å². The van der Waals surface area contributed by atoms with Gasteiger partial charge >= 0.3 is 0 Å². The minimum atomic E-state index is -0.00742. The fourth-order valence-corrected chi connectivity index (χ4v) is 0.950.